The Morgan fingerprint density at radius 1 is 1.11 bits per heavy atom. The van der Waals surface area contributed by atoms with Gasteiger partial charge < -0.3 is 20.2 Å². The molecule has 0 bridgehead atoms. The zero-order chi connectivity index (χ0) is 14.1. The van der Waals surface area contributed by atoms with Crippen LogP contribution in [0.5, 0.6) is 0 Å². The van der Waals surface area contributed by atoms with Gasteiger partial charge >= 0.3 is 0 Å². The third kappa shape index (κ3) is 7.22. The Balaban J connectivity index is 2.12. The molecule has 1 aliphatic rings. The first kappa shape index (κ1) is 16.9. The number of hydrogen-bond donors (Lipinski definition) is 2. The monoisotopic (exact) mass is 272 g/mol. The van der Waals surface area contributed by atoms with E-state index >= 15 is 0 Å². The van der Waals surface area contributed by atoms with Crippen molar-refractivity contribution in [2.24, 2.45) is 0 Å². The largest absolute Gasteiger partial charge is 0.395 e. The van der Waals surface area contributed by atoms with E-state index in [0.29, 0.717) is 0 Å². The molecule has 0 aliphatic carbocycles. The molecule has 2 N–H and O–H groups in total. The number of hydrogen-bond acceptors (Lipinski definition) is 5. The van der Waals surface area contributed by atoms with E-state index in [-0.39, 0.29) is 12.6 Å². The predicted molar refractivity (Wildman–Crippen MR) is 80.6 cm³/mol. The minimum atomic E-state index is 0.247. The Labute approximate surface area is 118 Å². The number of piperazine rings is 1. The van der Waals surface area contributed by atoms with Crippen molar-refractivity contribution in [2.45, 2.75) is 19.4 Å². The number of aliphatic hydroxyl groups is 1. The van der Waals surface area contributed by atoms with E-state index in [9.17, 15) is 5.11 Å². The molecule has 0 saturated carbocycles. The molecule has 114 valence electrons. The second-order valence-corrected chi connectivity index (χ2v) is 5.71. The second-order valence-electron chi connectivity index (χ2n) is 5.71. The summed E-state index contributed by atoms with van der Waals surface area (Å²) in [5.74, 6) is 0. The molecule has 0 aromatic carbocycles. The minimum absolute atomic E-state index is 0.247. The van der Waals surface area contributed by atoms with E-state index < -0.39 is 0 Å². The molecule has 0 spiro atoms. The zero-order valence-corrected chi connectivity index (χ0v) is 12.9. The van der Waals surface area contributed by atoms with Crippen molar-refractivity contribution in [2.75, 3.05) is 73.1 Å². The number of aliphatic hydroxyl groups excluding tert-OH is 1. The Kier molecular flexibility index (Phi) is 8.57. The van der Waals surface area contributed by atoms with Crippen LogP contribution in [0.2, 0.25) is 0 Å². The van der Waals surface area contributed by atoms with Gasteiger partial charge in [-0.05, 0) is 33.6 Å². The molecule has 1 fully saturated rings. The first-order valence-corrected chi connectivity index (χ1v) is 7.59. The highest BCUT2D eigenvalue weighted by molar-refractivity contribution is 4.74. The maximum atomic E-state index is 9.26. The SMILES string of the molecule is CCNC(CO)CCN1CCN(CCN(C)C)CC1. The van der Waals surface area contributed by atoms with Crippen LogP contribution in [0, 0.1) is 0 Å². The Morgan fingerprint density at radius 2 is 1.68 bits per heavy atom. The molecule has 5 nitrogen and oxygen atoms in total. The third-order valence-electron chi connectivity index (χ3n) is 3.84. The molecule has 1 atom stereocenters. The van der Waals surface area contributed by atoms with Crippen molar-refractivity contribution < 1.29 is 5.11 Å². The summed E-state index contributed by atoms with van der Waals surface area (Å²) < 4.78 is 0. The van der Waals surface area contributed by atoms with Crippen LogP contribution in [0.25, 0.3) is 0 Å². The number of likely N-dealkylation sites (N-methyl/N-ethyl adjacent to an activating group) is 2. The van der Waals surface area contributed by atoms with E-state index in [4.69, 9.17) is 0 Å². The van der Waals surface area contributed by atoms with Crippen molar-refractivity contribution in [1.29, 1.82) is 0 Å². The maximum Gasteiger partial charge on any atom is 0.0585 e. The quantitative estimate of drug-likeness (QED) is 0.594. The topological polar surface area (TPSA) is 42.0 Å². The Bertz CT molecular complexity index is 217. The van der Waals surface area contributed by atoms with Gasteiger partial charge in [0.2, 0.25) is 0 Å². The van der Waals surface area contributed by atoms with Crippen molar-refractivity contribution in [3.05, 3.63) is 0 Å². The standard InChI is InChI=1S/C14H32N4O/c1-4-15-14(13-19)5-6-17-9-11-18(12-10-17)8-7-16(2)3/h14-15,19H,4-13H2,1-3H3. The summed E-state index contributed by atoms with van der Waals surface area (Å²) in [6.07, 6.45) is 1.04. The van der Waals surface area contributed by atoms with Crippen molar-refractivity contribution in [3.63, 3.8) is 0 Å². The van der Waals surface area contributed by atoms with Gasteiger partial charge in [-0.2, -0.15) is 0 Å². The second kappa shape index (κ2) is 9.66. The van der Waals surface area contributed by atoms with E-state index in [1.807, 2.05) is 0 Å². The summed E-state index contributed by atoms with van der Waals surface area (Å²) >= 11 is 0. The molecule has 19 heavy (non-hydrogen) atoms. The fourth-order valence-electron chi connectivity index (χ4n) is 2.46. The van der Waals surface area contributed by atoms with Gasteiger partial charge in [0, 0.05) is 45.3 Å². The molecule has 1 unspecified atom stereocenters. The fraction of sp³-hybridized carbons (Fsp3) is 1.00. The van der Waals surface area contributed by atoms with E-state index in [2.05, 4.69) is 41.0 Å². The summed E-state index contributed by atoms with van der Waals surface area (Å²) in [6, 6.07) is 0.261. The van der Waals surface area contributed by atoms with Crippen LogP contribution in [0.3, 0.4) is 0 Å². The summed E-state index contributed by atoms with van der Waals surface area (Å²) in [7, 11) is 4.26. The molecule has 0 amide bonds. The lowest BCUT2D eigenvalue weighted by Crippen LogP contribution is -2.49. The number of nitrogens with one attached hydrogen (secondary N) is 1. The van der Waals surface area contributed by atoms with Gasteiger partial charge in [0.1, 0.15) is 0 Å². The summed E-state index contributed by atoms with van der Waals surface area (Å²) in [4.78, 5) is 7.31. The molecule has 1 aliphatic heterocycles. The molecule has 0 aromatic heterocycles. The first-order valence-electron chi connectivity index (χ1n) is 7.59. The molecule has 1 heterocycles. The highest BCUT2D eigenvalue weighted by atomic mass is 16.3. The third-order valence-corrected chi connectivity index (χ3v) is 3.84. The highest BCUT2D eigenvalue weighted by Crippen LogP contribution is 2.04. The van der Waals surface area contributed by atoms with Gasteiger partial charge in [-0.25, -0.2) is 0 Å². The van der Waals surface area contributed by atoms with Crippen LogP contribution < -0.4 is 5.32 Å². The Hall–Kier alpha value is -0.200. The molecule has 0 aromatic rings. The highest BCUT2D eigenvalue weighted by Gasteiger charge is 2.17. The lowest BCUT2D eigenvalue weighted by molar-refractivity contribution is 0.118. The van der Waals surface area contributed by atoms with Gasteiger partial charge in [-0.3, -0.25) is 4.90 Å². The van der Waals surface area contributed by atoms with Crippen LogP contribution >= 0.6 is 0 Å². The number of rotatable bonds is 9. The molecular weight excluding hydrogens is 240 g/mol. The van der Waals surface area contributed by atoms with Gasteiger partial charge in [-0.15, -0.1) is 0 Å². The van der Waals surface area contributed by atoms with Crippen LogP contribution in [0.4, 0.5) is 0 Å². The zero-order valence-electron chi connectivity index (χ0n) is 12.9. The molecule has 1 saturated heterocycles. The summed E-state index contributed by atoms with van der Waals surface area (Å²) in [5.41, 5.74) is 0. The van der Waals surface area contributed by atoms with Gasteiger partial charge in [0.25, 0.3) is 0 Å². The van der Waals surface area contributed by atoms with Crippen molar-refractivity contribution >= 4 is 0 Å². The van der Waals surface area contributed by atoms with Crippen LogP contribution in [-0.4, -0.2) is 98.9 Å². The van der Waals surface area contributed by atoms with Gasteiger partial charge in [0.05, 0.1) is 6.61 Å². The molecule has 0 radical (unpaired) electrons. The molecule has 5 heteroatoms. The number of nitrogens with zero attached hydrogens (tertiary/aromatic N) is 3. The van der Waals surface area contributed by atoms with Crippen molar-refractivity contribution in [3.8, 4) is 0 Å². The van der Waals surface area contributed by atoms with Gasteiger partial charge in [-0.1, -0.05) is 6.92 Å². The first-order chi connectivity index (χ1) is 9.15. The van der Waals surface area contributed by atoms with Crippen molar-refractivity contribution in [1.82, 2.24) is 20.0 Å². The molecule has 1 rings (SSSR count). The van der Waals surface area contributed by atoms with E-state index in [0.717, 1.165) is 39.1 Å². The molecular formula is C14H32N4O. The van der Waals surface area contributed by atoms with E-state index in [1.165, 1.54) is 19.6 Å². The lowest BCUT2D eigenvalue weighted by atomic mass is 10.2. The van der Waals surface area contributed by atoms with Crippen LogP contribution in [-0.2, 0) is 0 Å². The van der Waals surface area contributed by atoms with E-state index in [1.54, 1.807) is 0 Å². The average Bonchev–Trinajstić information content (AvgIpc) is 2.42. The predicted octanol–water partition coefficient (Wildman–Crippen LogP) is -0.474. The Morgan fingerprint density at radius 3 is 2.16 bits per heavy atom. The normalized spacial score (nSPS) is 20.1. The fourth-order valence-corrected chi connectivity index (χ4v) is 2.46. The average molecular weight is 272 g/mol. The maximum absolute atomic E-state index is 9.26. The van der Waals surface area contributed by atoms with Crippen LogP contribution in [0.1, 0.15) is 13.3 Å². The summed E-state index contributed by atoms with van der Waals surface area (Å²) in [6.45, 7) is 11.4. The van der Waals surface area contributed by atoms with Crippen LogP contribution in [0.15, 0.2) is 0 Å². The summed E-state index contributed by atoms with van der Waals surface area (Å²) in [5, 5.41) is 12.6. The van der Waals surface area contributed by atoms with Gasteiger partial charge in [0.15, 0.2) is 0 Å². The minimum Gasteiger partial charge on any atom is -0.395 e. The smallest absolute Gasteiger partial charge is 0.0585 e. The lowest BCUT2D eigenvalue weighted by Gasteiger charge is -2.35.